The van der Waals surface area contributed by atoms with Gasteiger partial charge in [0, 0.05) is 40.3 Å². The number of methoxy groups -OCH3 is 2. The molecule has 1 N–H and O–H groups in total. The molecule has 0 saturated carbocycles. The molecule has 41 heavy (non-hydrogen) atoms. The minimum absolute atomic E-state index is 0.0358. The van der Waals surface area contributed by atoms with E-state index in [-0.39, 0.29) is 35.8 Å². The van der Waals surface area contributed by atoms with Crippen LogP contribution < -0.4 is 5.32 Å². The van der Waals surface area contributed by atoms with Crippen molar-refractivity contribution in [3.05, 3.63) is 35.9 Å². The van der Waals surface area contributed by atoms with Crippen LogP contribution in [0.1, 0.15) is 58.9 Å². The summed E-state index contributed by atoms with van der Waals surface area (Å²) in [7, 11) is 3.27. The standard InChI is InChI=1S/C32H51N3O6/c1-7-22(2)23(3)28(39-5)21-29(36)35-15-11-14-27(35)30(40-6)24(4)31(37)33-26(20-25-12-9-8-10-13-25)32(38)34-16-18-41-19-17-34/h8-10,12-13,22-24,26-28,30H,7,11,14-21H2,1-6H3,(H,33,37)/t22?,23-,24?,26-,27-,28?,30?/m0/s1. The second-order valence-corrected chi connectivity index (χ2v) is 11.7. The van der Waals surface area contributed by atoms with Crippen molar-refractivity contribution in [2.24, 2.45) is 17.8 Å². The maximum absolute atomic E-state index is 13.7. The largest absolute Gasteiger partial charge is 0.381 e. The molecule has 9 nitrogen and oxygen atoms in total. The predicted molar refractivity (Wildman–Crippen MR) is 158 cm³/mol. The highest BCUT2D eigenvalue weighted by Gasteiger charge is 2.41. The zero-order chi connectivity index (χ0) is 29.9. The first-order chi connectivity index (χ1) is 19.7. The molecule has 3 amide bonds. The number of amides is 3. The van der Waals surface area contributed by atoms with Crippen molar-refractivity contribution in [3.8, 4) is 0 Å². The summed E-state index contributed by atoms with van der Waals surface area (Å²) >= 11 is 0. The molecule has 0 radical (unpaired) electrons. The first-order valence-corrected chi connectivity index (χ1v) is 15.3. The number of nitrogens with one attached hydrogen (secondary N) is 1. The molecule has 0 aromatic heterocycles. The molecule has 1 aromatic carbocycles. The van der Waals surface area contributed by atoms with Crippen LogP contribution in [0, 0.1) is 17.8 Å². The van der Waals surface area contributed by atoms with E-state index in [1.807, 2.05) is 42.2 Å². The van der Waals surface area contributed by atoms with Crippen molar-refractivity contribution < 1.29 is 28.6 Å². The number of carbonyl (C=O) groups is 3. The maximum atomic E-state index is 13.7. The minimum Gasteiger partial charge on any atom is -0.381 e. The number of likely N-dealkylation sites (tertiary alicyclic amines) is 1. The Bertz CT molecular complexity index is 969. The van der Waals surface area contributed by atoms with Gasteiger partial charge in [0.15, 0.2) is 0 Å². The Hall–Kier alpha value is -2.49. The number of rotatable bonds is 14. The molecule has 2 fully saturated rings. The Morgan fingerprint density at radius 2 is 1.71 bits per heavy atom. The number of hydrogen-bond donors (Lipinski definition) is 1. The van der Waals surface area contributed by atoms with Crippen molar-refractivity contribution in [3.63, 3.8) is 0 Å². The normalized spacial score (nSPS) is 22.0. The highest BCUT2D eigenvalue weighted by molar-refractivity contribution is 5.89. The molecule has 2 heterocycles. The average Bonchev–Trinajstić information content (AvgIpc) is 3.49. The van der Waals surface area contributed by atoms with Crippen LogP contribution >= 0.6 is 0 Å². The number of carbonyl (C=O) groups excluding carboxylic acids is 3. The average molecular weight is 574 g/mol. The highest BCUT2D eigenvalue weighted by Crippen LogP contribution is 2.29. The SMILES string of the molecule is CCC(C)[C@H](C)C(CC(=O)N1CCC[C@H]1C(OC)C(C)C(=O)N[C@@H](Cc1ccccc1)C(=O)N1CCOCC1)OC. The fourth-order valence-electron chi connectivity index (χ4n) is 6.16. The summed E-state index contributed by atoms with van der Waals surface area (Å²) in [6, 6.07) is 8.80. The zero-order valence-electron chi connectivity index (χ0n) is 25.8. The van der Waals surface area contributed by atoms with E-state index in [9.17, 15) is 14.4 Å². The number of morpholine rings is 1. The quantitative estimate of drug-likeness (QED) is 0.367. The van der Waals surface area contributed by atoms with E-state index in [1.165, 1.54) is 0 Å². The summed E-state index contributed by atoms with van der Waals surface area (Å²) < 4.78 is 17.1. The summed E-state index contributed by atoms with van der Waals surface area (Å²) in [6.45, 7) is 10.9. The van der Waals surface area contributed by atoms with Gasteiger partial charge in [-0.05, 0) is 30.2 Å². The lowest BCUT2D eigenvalue weighted by molar-refractivity contribution is -0.144. The summed E-state index contributed by atoms with van der Waals surface area (Å²) in [5.41, 5.74) is 0.974. The van der Waals surface area contributed by atoms with Crippen LogP contribution in [-0.2, 0) is 35.0 Å². The van der Waals surface area contributed by atoms with E-state index in [2.05, 4.69) is 26.1 Å². The Balaban J connectivity index is 1.71. The van der Waals surface area contributed by atoms with E-state index in [0.717, 1.165) is 24.8 Å². The first-order valence-electron chi connectivity index (χ1n) is 15.3. The third-order valence-corrected chi connectivity index (χ3v) is 9.20. The monoisotopic (exact) mass is 573 g/mol. The van der Waals surface area contributed by atoms with E-state index < -0.39 is 18.1 Å². The molecule has 9 heteroatoms. The molecule has 2 aliphatic heterocycles. The van der Waals surface area contributed by atoms with Crippen LogP contribution in [0.4, 0.5) is 0 Å². The van der Waals surface area contributed by atoms with E-state index >= 15 is 0 Å². The highest BCUT2D eigenvalue weighted by atomic mass is 16.5. The van der Waals surface area contributed by atoms with Gasteiger partial charge >= 0.3 is 0 Å². The van der Waals surface area contributed by atoms with Gasteiger partial charge < -0.3 is 29.3 Å². The van der Waals surface area contributed by atoms with Crippen molar-refractivity contribution in [2.45, 2.75) is 84.1 Å². The lowest BCUT2D eigenvalue weighted by Crippen LogP contribution is -2.56. The Kier molecular flexibility index (Phi) is 13.1. The van der Waals surface area contributed by atoms with Gasteiger partial charge in [0.1, 0.15) is 6.04 Å². The van der Waals surface area contributed by atoms with Gasteiger partial charge in [-0.3, -0.25) is 14.4 Å². The smallest absolute Gasteiger partial charge is 0.245 e. The first kappa shape index (κ1) is 33.0. The molecule has 0 spiro atoms. The number of benzene rings is 1. The van der Waals surface area contributed by atoms with Gasteiger partial charge in [-0.1, -0.05) is 64.4 Å². The molecular formula is C32H51N3O6. The zero-order valence-corrected chi connectivity index (χ0v) is 25.8. The molecular weight excluding hydrogens is 522 g/mol. The minimum atomic E-state index is -0.700. The lowest BCUT2D eigenvalue weighted by atomic mass is 9.87. The number of ether oxygens (including phenoxy) is 3. The number of nitrogens with zero attached hydrogens (tertiary/aromatic N) is 2. The molecule has 2 saturated heterocycles. The molecule has 7 atom stereocenters. The fraction of sp³-hybridized carbons (Fsp3) is 0.719. The molecule has 3 rings (SSSR count). The van der Waals surface area contributed by atoms with Crippen molar-refractivity contribution in [2.75, 3.05) is 47.1 Å². The lowest BCUT2D eigenvalue weighted by Gasteiger charge is -2.36. The molecule has 230 valence electrons. The summed E-state index contributed by atoms with van der Waals surface area (Å²) in [6.07, 6.45) is 2.70. The second kappa shape index (κ2) is 16.2. The van der Waals surface area contributed by atoms with Gasteiger partial charge in [-0.25, -0.2) is 0 Å². The number of hydrogen-bond acceptors (Lipinski definition) is 6. The van der Waals surface area contributed by atoms with Gasteiger partial charge in [0.2, 0.25) is 17.7 Å². The van der Waals surface area contributed by atoms with Crippen molar-refractivity contribution in [1.29, 1.82) is 0 Å². The van der Waals surface area contributed by atoms with Gasteiger partial charge in [-0.2, -0.15) is 0 Å². The Morgan fingerprint density at radius 1 is 1.02 bits per heavy atom. The summed E-state index contributed by atoms with van der Waals surface area (Å²) in [5, 5.41) is 3.05. The Labute approximate surface area is 246 Å². The van der Waals surface area contributed by atoms with Crippen LogP contribution in [0.3, 0.4) is 0 Å². The summed E-state index contributed by atoms with van der Waals surface area (Å²) in [5.74, 6) is -0.186. The van der Waals surface area contributed by atoms with Gasteiger partial charge in [0.25, 0.3) is 0 Å². The van der Waals surface area contributed by atoms with E-state index in [4.69, 9.17) is 14.2 Å². The van der Waals surface area contributed by atoms with E-state index in [1.54, 1.807) is 19.1 Å². The van der Waals surface area contributed by atoms with Crippen LogP contribution in [0.15, 0.2) is 30.3 Å². The van der Waals surface area contributed by atoms with Crippen molar-refractivity contribution >= 4 is 17.7 Å². The molecule has 4 unspecified atom stereocenters. The molecule has 0 aliphatic carbocycles. The van der Waals surface area contributed by atoms with Crippen LogP contribution in [0.5, 0.6) is 0 Å². The topological polar surface area (TPSA) is 97.4 Å². The maximum Gasteiger partial charge on any atom is 0.245 e. The molecule has 1 aromatic rings. The van der Waals surface area contributed by atoms with Gasteiger partial charge in [-0.15, -0.1) is 0 Å². The van der Waals surface area contributed by atoms with Crippen LogP contribution in [-0.4, -0.2) is 98.9 Å². The summed E-state index contributed by atoms with van der Waals surface area (Å²) in [4.78, 5) is 44.4. The Morgan fingerprint density at radius 3 is 2.32 bits per heavy atom. The third kappa shape index (κ3) is 8.75. The fourth-order valence-corrected chi connectivity index (χ4v) is 6.16. The van der Waals surface area contributed by atoms with Crippen molar-refractivity contribution in [1.82, 2.24) is 15.1 Å². The third-order valence-electron chi connectivity index (χ3n) is 9.20. The van der Waals surface area contributed by atoms with Gasteiger partial charge in [0.05, 0.1) is 43.8 Å². The molecule has 2 aliphatic rings. The predicted octanol–water partition coefficient (Wildman–Crippen LogP) is 3.30. The van der Waals surface area contributed by atoms with Crippen LogP contribution in [0.25, 0.3) is 0 Å². The second-order valence-electron chi connectivity index (χ2n) is 11.7. The molecule has 0 bridgehead atoms. The van der Waals surface area contributed by atoms with Crippen LogP contribution in [0.2, 0.25) is 0 Å². The van der Waals surface area contributed by atoms with E-state index in [0.29, 0.717) is 51.6 Å².